The maximum atomic E-state index is 12.9. The summed E-state index contributed by atoms with van der Waals surface area (Å²) in [6, 6.07) is -0.595. The molecule has 5 atom stereocenters. The highest BCUT2D eigenvalue weighted by Gasteiger charge is 2.34. The van der Waals surface area contributed by atoms with Gasteiger partial charge >= 0.3 is 17.9 Å². The molecule has 0 radical (unpaired) electrons. The number of hydrogen-bond donors (Lipinski definition) is 1. The van der Waals surface area contributed by atoms with E-state index in [0.29, 0.717) is 76.2 Å². The summed E-state index contributed by atoms with van der Waals surface area (Å²) in [5, 5.41) is 23.9. The molecule has 2 aliphatic carbocycles. The molecule has 80 heavy (non-hydrogen) atoms. The largest absolute Gasteiger partial charge is 0.465 e. The first-order valence-corrected chi connectivity index (χ1v) is 32.3. The Morgan fingerprint density at radius 2 is 1.02 bits per heavy atom. The number of hydrogen-bond acceptors (Lipinski definition) is 18. The summed E-state index contributed by atoms with van der Waals surface area (Å²) in [4.78, 5) is 121. The average Bonchev–Trinajstić information content (AvgIpc) is 4.19. The number of esters is 3. The third-order valence-corrected chi connectivity index (χ3v) is 17.4. The second kappa shape index (κ2) is 43.9. The van der Waals surface area contributed by atoms with E-state index in [-0.39, 0.29) is 90.7 Å². The highest BCUT2D eigenvalue weighted by molar-refractivity contribution is 8.03. The van der Waals surface area contributed by atoms with Crippen LogP contribution in [0.3, 0.4) is 0 Å². The van der Waals surface area contributed by atoms with Gasteiger partial charge in [0.1, 0.15) is 45.8 Å². The zero-order valence-corrected chi connectivity index (χ0v) is 49.3. The number of nitrogens with one attached hydrogen (secondary N) is 1. The molecule has 0 aromatic rings. The standard InChI is InChI=1S/2C22H33NO4S.C17H26N2O5/c23-16-28-13-7-2-1-6-10-20(17-8-4-3-5-9-17)21(25)15-19(24)14-18-11-12-27-22(18)26;23-16-28-13-5-4-8-18(17-6-2-1-3-7-17)9-10-20(24)15-21(25)14-19-11-12-27-22(19)26;20-13-18-10-7-5-3-1-2-4-6-8-14(21)12-16(22)19-15-9-11-24-17(15)23/h17-18,20H,1-15H2;17-19H,1-15H2;15H,1-12H2,(H,19,22)/t;;15-/m..0/s1. The minimum atomic E-state index is -0.595. The van der Waals surface area contributed by atoms with Crippen molar-refractivity contribution in [3.05, 3.63) is 0 Å². The Morgan fingerprint density at radius 1 is 0.525 bits per heavy atom. The lowest BCUT2D eigenvalue weighted by Crippen LogP contribution is -2.38. The van der Waals surface area contributed by atoms with Gasteiger partial charge in [0.25, 0.3) is 0 Å². The third kappa shape index (κ3) is 31.5. The zero-order chi connectivity index (χ0) is 58.0. The molecule has 3 saturated heterocycles. The fourth-order valence-electron chi connectivity index (χ4n) is 11.7. The van der Waals surface area contributed by atoms with Gasteiger partial charge in [0.15, 0.2) is 0 Å². The molecule has 5 aliphatic rings. The number of aliphatic imine (C=N–C) groups is 1. The van der Waals surface area contributed by atoms with E-state index in [1.807, 2.05) is 0 Å². The number of ketones is 5. The topological polar surface area (TPSA) is 270 Å². The monoisotopic (exact) mass is 1150 g/mol. The summed E-state index contributed by atoms with van der Waals surface area (Å²) in [5.74, 6) is 1.08. The molecule has 19 heteroatoms. The maximum Gasteiger partial charge on any atom is 0.328 e. The van der Waals surface area contributed by atoms with E-state index in [9.17, 15) is 47.9 Å². The Hall–Kier alpha value is -4.71. The number of Topliss-reactive ketones (excluding diaryl/α,β-unsaturated/α-hetero) is 5. The van der Waals surface area contributed by atoms with Gasteiger partial charge in [-0.3, -0.25) is 38.4 Å². The van der Waals surface area contributed by atoms with Crippen molar-refractivity contribution in [1.29, 1.82) is 10.5 Å². The maximum absolute atomic E-state index is 12.9. The van der Waals surface area contributed by atoms with Crippen LogP contribution in [0.2, 0.25) is 0 Å². The van der Waals surface area contributed by atoms with Crippen LogP contribution in [0, 0.1) is 56.8 Å². The number of carbonyl (C=O) groups excluding carboxylic acids is 10. The Balaban J connectivity index is 0.000000317. The van der Waals surface area contributed by atoms with Gasteiger partial charge < -0.3 is 19.5 Å². The van der Waals surface area contributed by atoms with Crippen LogP contribution in [-0.4, -0.2) is 103 Å². The number of amides is 1. The highest BCUT2D eigenvalue weighted by Crippen LogP contribution is 2.37. The molecule has 0 spiro atoms. The van der Waals surface area contributed by atoms with E-state index in [2.05, 4.69) is 21.1 Å². The molecule has 1 N–H and O–H groups in total. The lowest BCUT2D eigenvalue weighted by atomic mass is 9.75. The summed E-state index contributed by atoms with van der Waals surface area (Å²) in [5.41, 5.74) is 0. The first-order chi connectivity index (χ1) is 38.8. The number of carbonyl (C=O) groups is 9. The van der Waals surface area contributed by atoms with Gasteiger partial charge in [-0.05, 0) is 105 Å². The molecule has 5 fully saturated rings. The Kier molecular flexibility index (Phi) is 38.2. The van der Waals surface area contributed by atoms with Crippen molar-refractivity contribution in [2.24, 2.45) is 40.5 Å². The summed E-state index contributed by atoms with van der Waals surface area (Å²) < 4.78 is 14.6. The van der Waals surface area contributed by atoms with E-state index in [0.717, 1.165) is 127 Å². The normalized spacial score (nSPS) is 19.7. The summed E-state index contributed by atoms with van der Waals surface area (Å²) in [6.07, 6.45) is 32.5. The molecule has 2 saturated carbocycles. The van der Waals surface area contributed by atoms with Crippen LogP contribution in [0.5, 0.6) is 0 Å². The molecule has 0 aromatic carbocycles. The molecular weight excluding hydrogens is 1060 g/mol. The van der Waals surface area contributed by atoms with Crippen LogP contribution in [0.1, 0.15) is 231 Å². The minimum Gasteiger partial charge on any atom is -0.465 e. The number of rotatable bonds is 39. The van der Waals surface area contributed by atoms with Crippen molar-refractivity contribution in [2.45, 2.75) is 237 Å². The minimum absolute atomic E-state index is 0.00624. The molecule has 17 nitrogen and oxygen atoms in total. The van der Waals surface area contributed by atoms with E-state index >= 15 is 0 Å². The van der Waals surface area contributed by atoms with Crippen LogP contribution in [0.4, 0.5) is 0 Å². The predicted molar refractivity (Wildman–Crippen MR) is 306 cm³/mol. The zero-order valence-electron chi connectivity index (χ0n) is 47.7. The van der Waals surface area contributed by atoms with Gasteiger partial charge in [-0.1, -0.05) is 116 Å². The van der Waals surface area contributed by atoms with Crippen LogP contribution in [-0.2, 0) is 62.2 Å². The number of nitriles is 2. The van der Waals surface area contributed by atoms with Crippen LogP contribution < -0.4 is 5.32 Å². The fraction of sp³-hybridized carbons (Fsp3) is 0.803. The van der Waals surface area contributed by atoms with Crippen molar-refractivity contribution in [3.63, 3.8) is 0 Å². The quantitative estimate of drug-likeness (QED) is 0.0114. The lowest BCUT2D eigenvalue weighted by Gasteiger charge is -2.30. The van der Waals surface area contributed by atoms with E-state index in [1.54, 1.807) is 0 Å². The Morgan fingerprint density at radius 3 is 1.59 bits per heavy atom. The Bertz CT molecular complexity index is 2060. The average molecular weight is 1150 g/mol. The SMILES string of the molecule is N#CSCCCCC(CCC(=O)CC(=O)CC1CCOC1=O)C1CCCCC1.N#CSCCCCCCC(C(=O)CC(=O)CC1CCOC1=O)C1CCCCC1.O=C=NCCCCCCCCCC(=O)CC(=O)N[C@H]1CCOC1=O. The number of unbranched alkanes of at least 4 members (excludes halogenated alkanes) is 10. The molecule has 3 aliphatic heterocycles. The Labute approximate surface area is 484 Å². The third-order valence-electron chi connectivity index (χ3n) is 16.2. The number of nitrogens with zero attached hydrogens (tertiary/aromatic N) is 3. The molecule has 3 heterocycles. The smallest absolute Gasteiger partial charge is 0.328 e. The first-order valence-electron chi connectivity index (χ1n) is 30.3. The molecule has 5 rings (SSSR count). The molecule has 446 valence electrons. The van der Waals surface area contributed by atoms with Gasteiger partial charge in [0, 0.05) is 49.5 Å². The summed E-state index contributed by atoms with van der Waals surface area (Å²) >= 11 is 2.62. The molecule has 4 unspecified atom stereocenters. The number of isocyanates is 1. The highest BCUT2D eigenvalue weighted by atomic mass is 32.2. The van der Waals surface area contributed by atoms with Gasteiger partial charge in [-0.2, -0.15) is 10.5 Å². The van der Waals surface area contributed by atoms with Crippen molar-refractivity contribution < 1.29 is 62.2 Å². The lowest BCUT2D eigenvalue weighted by molar-refractivity contribution is -0.143. The first kappa shape index (κ1) is 69.6. The second-order valence-electron chi connectivity index (χ2n) is 22.4. The predicted octanol–water partition coefficient (Wildman–Crippen LogP) is 11.5. The summed E-state index contributed by atoms with van der Waals surface area (Å²) in [7, 11) is 0. The fourth-order valence-corrected chi connectivity index (χ4v) is 12.6. The van der Waals surface area contributed by atoms with Gasteiger partial charge in [0.05, 0.1) is 57.5 Å². The number of thiocyanates is 2. The van der Waals surface area contributed by atoms with Gasteiger partial charge in [-0.15, -0.1) is 0 Å². The van der Waals surface area contributed by atoms with E-state index in [1.165, 1.54) is 81.0 Å². The molecule has 0 bridgehead atoms. The second-order valence-corrected chi connectivity index (χ2v) is 24.2. The molecule has 0 aromatic heterocycles. The van der Waals surface area contributed by atoms with Gasteiger partial charge in [0.2, 0.25) is 12.0 Å². The van der Waals surface area contributed by atoms with E-state index < -0.39 is 17.9 Å². The van der Waals surface area contributed by atoms with Crippen molar-refractivity contribution in [1.82, 2.24) is 5.32 Å². The van der Waals surface area contributed by atoms with Crippen molar-refractivity contribution >= 4 is 82.3 Å². The van der Waals surface area contributed by atoms with Crippen LogP contribution in [0.15, 0.2) is 4.99 Å². The molecule has 1 amide bonds. The van der Waals surface area contributed by atoms with E-state index in [4.69, 9.17) is 24.7 Å². The van der Waals surface area contributed by atoms with Crippen LogP contribution >= 0.6 is 23.5 Å². The number of cyclic esters (lactones) is 3. The number of thioether (sulfide) groups is 2. The molecular formula is C61H92N4O13S2. The van der Waals surface area contributed by atoms with Gasteiger partial charge in [-0.25, -0.2) is 14.6 Å². The van der Waals surface area contributed by atoms with Crippen molar-refractivity contribution in [2.75, 3.05) is 37.9 Å². The van der Waals surface area contributed by atoms with Crippen molar-refractivity contribution in [3.8, 4) is 10.8 Å². The van der Waals surface area contributed by atoms with Crippen LogP contribution in [0.25, 0.3) is 0 Å². The summed E-state index contributed by atoms with van der Waals surface area (Å²) in [6.45, 7) is 1.66. The number of ether oxygens (including phenoxy) is 3.